The number of hydrogen-bond donors (Lipinski definition) is 3. The number of aromatic hydroxyl groups is 1. The molecule has 2 aromatic carbocycles. The van der Waals surface area contributed by atoms with Crippen LogP contribution in [0, 0.1) is 0 Å². The number of nitrogens with zero attached hydrogens (tertiary/aromatic N) is 2. The Morgan fingerprint density at radius 1 is 1.20 bits per heavy atom. The number of aryl methyl sites for hydroxylation is 1. The van der Waals surface area contributed by atoms with E-state index in [1.807, 2.05) is 12.1 Å². The highest BCUT2D eigenvalue weighted by atomic mass is 16.3. The topological polar surface area (TPSA) is 107 Å². The minimum Gasteiger partial charge on any atom is -0.507 e. The normalized spacial score (nSPS) is 11.0. The summed E-state index contributed by atoms with van der Waals surface area (Å²) >= 11 is 0. The van der Waals surface area contributed by atoms with Gasteiger partial charge in [0.05, 0.1) is 17.2 Å². The summed E-state index contributed by atoms with van der Waals surface area (Å²) in [5, 5.41) is 13.4. The van der Waals surface area contributed by atoms with E-state index < -0.39 is 0 Å². The molecule has 0 aliphatic heterocycles. The summed E-state index contributed by atoms with van der Waals surface area (Å²) in [5.74, 6) is -0.270. The molecule has 0 spiro atoms. The van der Waals surface area contributed by atoms with Crippen LogP contribution < -0.4 is 11.0 Å². The molecule has 0 aliphatic rings. The summed E-state index contributed by atoms with van der Waals surface area (Å²) in [6.07, 6.45) is 1.64. The summed E-state index contributed by atoms with van der Waals surface area (Å²) in [7, 11) is 0. The van der Waals surface area contributed by atoms with E-state index in [1.54, 1.807) is 30.3 Å². The molecule has 0 saturated heterocycles. The molecule has 3 rings (SSSR count). The number of hydrazone groups is 1. The predicted molar refractivity (Wildman–Crippen MR) is 94.5 cm³/mol. The van der Waals surface area contributed by atoms with Gasteiger partial charge in [0.2, 0.25) is 5.91 Å². The van der Waals surface area contributed by atoms with Crippen molar-refractivity contribution in [2.75, 3.05) is 0 Å². The van der Waals surface area contributed by atoms with Crippen LogP contribution in [0.3, 0.4) is 0 Å². The Kier molecular flexibility index (Phi) is 4.84. The number of rotatable bonds is 5. The van der Waals surface area contributed by atoms with Gasteiger partial charge in [-0.05, 0) is 24.3 Å². The number of carbonyl (C=O) groups is 1. The standard InChI is InChI=1S/C18H16N4O3/c23-16-8-4-1-5-12(16)11-19-22-17(24)10-9-15-18(25)21-14-7-3-2-6-13(14)20-15/h1-8,11,23H,9-10H2,(H,21,25)(H,22,24)/b19-11+. The van der Waals surface area contributed by atoms with Crippen LogP contribution in [0.1, 0.15) is 17.7 Å². The largest absolute Gasteiger partial charge is 0.507 e. The number of fused-ring (bicyclic) bond motifs is 1. The van der Waals surface area contributed by atoms with Crippen LogP contribution in [-0.4, -0.2) is 27.2 Å². The Morgan fingerprint density at radius 2 is 1.96 bits per heavy atom. The summed E-state index contributed by atoms with van der Waals surface area (Å²) in [6.45, 7) is 0. The van der Waals surface area contributed by atoms with E-state index in [-0.39, 0.29) is 30.1 Å². The number of H-pyrrole nitrogens is 1. The molecule has 1 heterocycles. The van der Waals surface area contributed by atoms with E-state index in [2.05, 4.69) is 20.5 Å². The number of aromatic amines is 1. The molecule has 0 atom stereocenters. The van der Waals surface area contributed by atoms with E-state index in [9.17, 15) is 14.7 Å². The quantitative estimate of drug-likeness (QED) is 0.487. The molecule has 3 aromatic rings. The lowest BCUT2D eigenvalue weighted by atomic mass is 10.2. The average Bonchev–Trinajstić information content (AvgIpc) is 2.61. The van der Waals surface area contributed by atoms with Gasteiger partial charge in [0.15, 0.2) is 0 Å². The molecule has 0 saturated carbocycles. The molecule has 0 bridgehead atoms. The maximum absolute atomic E-state index is 12.0. The lowest BCUT2D eigenvalue weighted by molar-refractivity contribution is -0.121. The number of phenols is 1. The van der Waals surface area contributed by atoms with Gasteiger partial charge in [-0.2, -0.15) is 5.10 Å². The first kappa shape index (κ1) is 16.4. The van der Waals surface area contributed by atoms with Crippen LogP contribution in [0.4, 0.5) is 0 Å². The second-order valence-corrected chi connectivity index (χ2v) is 5.38. The van der Waals surface area contributed by atoms with Crippen LogP contribution in [0.5, 0.6) is 5.75 Å². The van der Waals surface area contributed by atoms with Gasteiger partial charge in [0, 0.05) is 18.4 Å². The van der Waals surface area contributed by atoms with Crippen LogP contribution in [-0.2, 0) is 11.2 Å². The Hall–Kier alpha value is -3.48. The molecule has 7 nitrogen and oxygen atoms in total. The number of benzene rings is 2. The minimum absolute atomic E-state index is 0.0759. The molecule has 0 aliphatic carbocycles. The molecule has 3 N–H and O–H groups in total. The van der Waals surface area contributed by atoms with Gasteiger partial charge in [-0.3, -0.25) is 9.59 Å². The average molecular weight is 336 g/mol. The highest BCUT2D eigenvalue weighted by molar-refractivity contribution is 5.85. The zero-order valence-electron chi connectivity index (χ0n) is 13.3. The highest BCUT2D eigenvalue weighted by Crippen LogP contribution is 2.12. The van der Waals surface area contributed by atoms with Crippen LogP contribution in [0.25, 0.3) is 11.0 Å². The first-order valence-electron chi connectivity index (χ1n) is 7.71. The first-order valence-corrected chi connectivity index (χ1v) is 7.71. The predicted octanol–water partition coefficient (Wildman–Crippen LogP) is 1.71. The fourth-order valence-corrected chi connectivity index (χ4v) is 2.30. The third-order valence-electron chi connectivity index (χ3n) is 3.59. The van der Waals surface area contributed by atoms with Crippen molar-refractivity contribution >= 4 is 23.2 Å². The number of aromatic nitrogens is 2. The van der Waals surface area contributed by atoms with Crippen LogP contribution in [0.2, 0.25) is 0 Å². The van der Waals surface area contributed by atoms with Crippen LogP contribution in [0.15, 0.2) is 58.4 Å². The van der Waals surface area contributed by atoms with Gasteiger partial charge in [-0.15, -0.1) is 0 Å². The van der Waals surface area contributed by atoms with Gasteiger partial charge < -0.3 is 10.1 Å². The number of nitrogens with one attached hydrogen (secondary N) is 2. The fraction of sp³-hybridized carbons (Fsp3) is 0.111. The molecule has 0 fully saturated rings. The second kappa shape index (κ2) is 7.39. The minimum atomic E-state index is -0.346. The van der Waals surface area contributed by atoms with Gasteiger partial charge in [-0.1, -0.05) is 24.3 Å². The number of phenolic OH excluding ortho intramolecular Hbond substituents is 1. The molecule has 7 heteroatoms. The van der Waals surface area contributed by atoms with Crippen molar-refractivity contribution in [2.24, 2.45) is 5.10 Å². The third-order valence-corrected chi connectivity index (χ3v) is 3.59. The molecular weight excluding hydrogens is 320 g/mol. The van der Waals surface area contributed by atoms with E-state index in [4.69, 9.17) is 0 Å². The van der Waals surface area contributed by atoms with Crippen molar-refractivity contribution in [1.82, 2.24) is 15.4 Å². The van der Waals surface area contributed by atoms with E-state index in [0.29, 0.717) is 22.3 Å². The van der Waals surface area contributed by atoms with E-state index in [1.165, 1.54) is 12.3 Å². The lowest BCUT2D eigenvalue weighted by Crippen LogP contribution is -2.21. The van der Waals surface area contributed by atoms with E-state index in [0.717, 1.165) is 0 Å². The maximum atomic E-state index is 12.0. The lowest BCUT2D eigenvalue weighted by Gasteiger charge is -2.02. The van der Waals surface area contributed by atoms with Crippen molar-refractivity contribution in [3.05, 3.63) is 70.1 Å². The van der Waals surface area contributed by atoms with E-state index >= 15 is 0 Å². The summed E-state index contributed by atoms with van der Waals surface area (Å²) in [6, 6.07) is 13.9. The molecule has 0 radical (unpaired) electrons. The zero-order valence-corrected chi connectivity index (χ0v) is 13.3. The molecule has 1 aromatic heterocycles. The maximum Gasteiger partial charge on any atom is 0.270 e. The molecule has 25 heavy (non-hydrogen) atoms. The Labute approximate surface area is 143 Å². The highest BCUT2D eigenvalue weighted by Gasteiger charge is 2.07. The van der Waals surface area contributed by atoms with Gasteiger partial charge in [0.1, 0.15) is 11.4 Å². The SMILES string of the molecule is O=C(CCc1nc2ccccc2[nH]c1=O)N/N=C/c1ccccc1O. The Balaban J connectivity index is 1.60. The van der Waals surface area contributed by atoms with Crippen LogP contribution >= 0.6 is 0 Å². The molecule has 1 amide bonds. The van der Waals surface area contributed by atoms with Crippen molar-refractivity contribution in [1.29, 1.82) is 0 Å². The Morgan fingerprint density at radius 3 is 2.80 bits per heavy atom. The van der Waals surface area contributed by atoms with Crippen molar-refractivity contribution < 1.29 is 9.90 Å². The third kappa shape index (κ3) is 4.08. The van der Waals surface area contributed by atoms with Crippen molar-refractivity contribution in [3.63, 3.8) is 0 Å². The first-order chi connectivity index (χ1) is 12.1. The number of amides is 1. The summed E-state index contributed by atoms with van der Waals surface area (Å²) in [5.41, 5.74) is 4.20. The van der Waals surface area contributed by atoms with Gasteiger partial charge in [-0.25, -0.2) is 10.4 Å². The number of para-hydroxylation sites is 3. The fourth-order valence-electron chi connectivity index (χ4n) is 2.30. The molecular formula is C18H16N4O3. The number of hydrogen-bond acceptors (Lipinski definition) is 5. The second-order valence-electron chi connectivity index (χ2n) is 5.38. The monoisotopic (exact) mass is 336 g/mol. The Bertz CT molecular complexity index is 995. The zero-order chi connectivity index (χ0) is 17.6. The summed E-state index contributed by atoms with van der Waals surface area (Å²) in [4.78, 5) is 30.9. The number of carbonyl (C=O) groups excluding carboxylic acids is 1. The molecule has 126 valence electrons. The smallest absolute Gasteiger partial charge is 0.270 e. The van der Waals surface area contributed by atoms with Crippen molar-refractivity contribution in [2.45, 2.75) is 12.8 Å². The van der Waals surface area contributed by atoms with Gasteiger partial charge >= 0.3 is 0 Å². The molecule has 0 unspecified atom stereocenters. The van der Waals surface area contributed by atoms with Gasteiger partial charge in [0.25, 0.3) is 5.56 Å². The summed E-state index contributed by atoms with van der Waals surface area (Å²) < 4.78 is 0. The van der Waals surface area contributed by atoms with Crippen molar-refractivity contribution in [3.8, 4) is 5.75 Å².